The van der Waals surface area contributed by atoms with Gasteiger partial charge in [-0.1, -0.05) is 45.0 Å². The zero-order chi connectivity index (χ0) is 12.5. The largest absolute Gasteiger partial charge is 0.378 e. The molecule has 1 aromatic rings. The molecule has 94 valence electrons. The Hall–Kier alpha value is -0.860. The number of hydrogen-bond donors (Lipinski definition) is 1. The van der Waals surface area contributed by atoms with Gasteiger partial charge < -0.3 is 10.1 Å². The van der Waals surface area contributed by atoms with Crippen molar-refractivity contribution in [3.63, 3.8) is 0 Å². The molecule has 0 aromatic heterocycles. The minimum Gasteiger partial charge on any atom is -0.378 e. The molecular formula is C15H23NO. The third kappa shape index (κ3) is 3.08. The van der Waals surface area contributed by atoms with Gasteiger partial charge in [-0.25, -0.2) is 0 Å². The fraction of sp³-hybridized carbons (Fsp3) is 0.600. The Morgan fingerprint density at radius 2 is 1.76 bits per heavy atom. The van der Waals surface area contributed by atoms with E-state index in [0.29, 0.717) is 12.1 Å². The van der Waals surface area contributed by atoms with E-state index in [1.807, 2.05) is 0 Å². The van der Waals surface area contributed by atoms with Crippen LogP contribution in [0.1, 0.15) is 44.9 Å². The second-order valence-corrected chi connectivity index (χ2v) is 5.99. The molecule has 0 aliphatic carbocycles. The number of benzene rings is 1. The van der Waals surface area contributed by atoms with Crippen molar-refractivity contribution in [1.82, 2.24) is 5.32 Å². The maximum atomic E-state index is 5.17. The summed E-state index contributed by atoms with van der Waals surface area (Å²) in [7, 11) is 0. The second kappa shape index (κ2) is 4.79. The van der Waals surface area contributed by atoms with Crippen molar-refractivity contribution in [3.8, 4) is 0 Å². The zero-order valence-corrected chi connectivity index (χ0v) is 11.3. The highest BCUT2D eigenvalue weighted by molar-refractivity contribution is 5.29. The lowest BCUT2D eigenvalue weighted by molar-refractivity contribution is -0.00925. The molecule has 2 nitrogen and oxygen atoms in total. The van der Waals surface area contributed by atoms with Crippen molar-refractivity contribution in [2.24, 2.45) is 0 Å². The van der Waals surface area contributed by atoms with Gasteiger partial charge in [-0.2, -0.15) is 0 Å². The van der Waals surface area contributed by atoms with Gasteiger partial charge in [-0.05, 0) is 23.5 Å². The summed E-state index contributed by atoms with van der Waals surface area (Å²) in [6, 6.07) is 9.88. The molecule has 0 spiro atoms. The van der Waals surface area contributed by atoms with Crippen LogP contribution in [0.25, 0.3) is 0 Å². The lowest BCUT2D eigenvalue weighted by Gasteiger charge is -2.30. The molecule has 0 amide bonds. The van der Waals surface area contributed by atoms with E-state index in [9.17, 15) is 0 Å². The molecule has 1 aliphatic heterocycles. The maximum absolute atomic E-state index is 5.17. The van der Waals surface area contributed by atoms with E-state index in [-0.39, 0.29) is 5.41 Å². The Kier molecular flexibility index (Phi) is 3.55. The Balaban J connectivity index is 2.01. The SMILES string of the molecule is CC(NC1COC1)c1ccc(C(C)(C)C)cc1. The van der Waals surface area contributed by atoms with Crippen molar-refractivity contribution in [2.75, 3.05) is 13.2 Å². The fourth-order valence-electron chi connectivity index (χ4n) is 2.05. The number of hydrogen-bond acceptors (Lipinski definition) is 2. The van der Waals surface area contributed by atoms with Crippen LogP contribution in [-0.2, 0) is 10.2 Å². The quantitative estimate of drug-likeness (QED) is 0.866. The van der Waals surface area contributed by atoms with E-state index in [2.05, 4.69) is 57.3 Å². The molecule has 1 heterocycles. The first kappa shape index (κ1) is 12.6. The summed E-state index contributed by atoms with van der Waals surface area (Å²) in [6.07, 6.45) is 0. The number of nitrogens with one attached hydrogen (secondary N) is 1. The molecule has 1 aliphatic rings. The molecule has 0 radical (unpaired) electrons. The van der Waals surface area contributed by atoms with Crippen LogP contribution in [-0.4, -0.2) is 19.3 Å². The fourth-order valence-corrected chi connectivity index (χ4v) is 2.05. The monoisotopic (exact) mass is 233 g/mol. The van der Waals surface area contributed by atoms with Crippen LogP contribution in [0.4, 0.5) is 0 Å². The first-order valence-corrected chi connectivity index (χ1v) is 6.41. The molecule has 1 saturated heterocycles. The van der Waals surface area contributed by atoms with Gasteiger partial charge in [0.25, 0.3) is 0 Å². The zero-order valence-electron chi connectivity index (χ0n) is 11.3. The molecule has 1 atom stereocenters. The highest BCUT2D eigenvalue weighted by atomic mass is 16.5. The number of ether oxygens (including phenoxy) is 1. The van der Waals surface area contributed by atoms with Crippen molar-refractivity contribution >= 4 is 0 Å². The molecule has 2 heteroatoms. The Morgan fingerprint density at radius 1 is 1.18 bits per heavy atom. The van der Waals surface area contributed by atoms with E-state index < -0.39 is 0 Å². The van der Waals surface area contributed by atoms with Crippen LogP contribution in [0.2, 0.25) is 0 Å². The Labute approximate surface area is 104 Å². The molecule has 17 heavy (non-hydrogen) atoms. The van der Waals surface area contributed by atoms with Crippen LogP contribution in [0.3, 0.4) is 0 Å². The van der Waals surface area contributed by atoms with E-state index in [1.165, 1.54) is 11.1 Å². The summed E-state index contributed by atoms with van der Waals surface area (Å²) in [5.41, 5.74) is 2.97. The van der Waals surface area contributed by atoms with Crippen molar-refractivity contribution in [3.05, 3.63) is 35.4 Å². The van der Waals surface area contributed by atoms with Crippen molar-refractivity contribution in [2.45, 2.75) is 45.2 Å². The molecule has 1 unspecified atom stereocenters. The van der Waals surface area contributed by atoms with E-state index in [4.69, 9.17) is 4.74 Å². The Morgan fingerprint density at radius 3 is 2.18 bits per heavy atom. The third-order valence-corrected chi connectivity index (χ3v) is 3.40. The van der Waals surface area contributed by atoms with Gasteiger partial charge in [0, 0.05) is 6.04 Å². The van der Waals surface area contributed by atoms with Gasteiger partial charge in [-0.15, -0.1) is 0 Å². The van der Waals surface area contributed by atoms with Crippen LogP contribution in [0.15, 0.2) is 24.3 Å². The second-order valence-electron chi connectivity index (χ2n) is 5.99. The molecule has 1 N–H and O–H groups in total. The van der Waals surface area contributed by atoms with Crippen molar-refractivity contribution < 1.29 is 4.74 Å². The van der Waals surface area contributed by atoms with Crippen molar-refractivity contribution in [1.29, 1.82) is 0 Å². The average Bonchev–Trinajstić information content (AvgIpc) is 2.22. The predicted molar refractivity (Wildman–Crippen MR) is 71.3 cm³/mol. The topological polar surface area (TPSA) is 21.3 Å². The van der Waals surface area contributed by atoms with E-state index >= 15 is 0 Å². The molecular weight excluding hydrogens is 210 g/mol. The van der Waals surface area contributed by atoms with E-state index in [0.717, 1.165) is 13.2 Å². The average molecular weight is 233 g/mol. The molecule has 2 rings (SSSR count). The molecule has 0 bridgehead atoms. The summed E-state index contributed by atoms with van der Waals surface area (Å²) in [5.74, 6) is 0. The Bertz CT molecular complexity index is 360. The van der Waals surface area contributed by atoms with E-state index in [1.54, 1.807) is 0 Å². The van der Waals surface area contributed by atoms with Crippen LogP contribution < -0.4 is 5.32 Å². The van der Waals surface area contributed by atoms with Gasteiger partial charge in [0.05, 0.1) is 19.3 Å². The summed E-state index contributed by atoms with van der Waals surface area (Å²) >= 11 is 0. The first-order valence-electron chi connectivity index (χ1n) is 6.41. The maximum Gasteiger partial charge on any atom is 0.0643 e. The smallest absolute Gasteiger partial charge is 0.0643 e. The highest BCUT2D eigenvalue weighted by Gasteiger charge is 2.21. The minimum absolute atomic E-state index is 0.233. The lowest BCUT2D eigenvalue weighted by atomic mass is 9.86. The van der Waals surface area contributed by atoms with Gasteiger partial charge >= 0.3 is 0 Å². The van der Waals surface area contributed by atoms with Gasteiger partial charge in [0.1, 0.15) is 0 Å². The lowest BCUT2D eigenvalue weighted by Crippen LogP contribution is -2.46. The summed E-state index contributed by atoms with van der Waals surface area (Å²) in [6.45, 7) is 10.7. The number of rotatable bonds is 3. The minimum atomic E-state index is 0.233. The first-order chi connectivity index (χ1) is 7.97. The van der Waals surface area contributed by atoms with Crippen LogP contribution in [0, 0.1) is 0 Å². The van der Waals surface area contributed by atoms with Crippen LogP contribution in [0.5, 0.6) is 0 Å². The molecule has 1 fully saturated rings. The summed E-state index contributed by atoms with van der Waals surface area (Å²) < 4.78 is 5.17. The normalized spacial score (nSPS) is 18.8. The van der Waals surface area contributed by atoms with Crippen LogP contribution >= 0.6 is 0 Å². The standard InChI is InChI=1S/C15H23NO/c1-11(16-14-9-17-10-14)12-5-7-13(8-6-12)15(2,3)4/h5-8,11,14,16H,9-10H2,1-4H3. The summed E-state index contributed by atoms with van der Waals surface area (Å²) in [5, 5.41) is 3.57. The van der Waals surface area contributed by atoms with Gasteiger partial charge in [0.15, 0.2) is 0 Å². The van der Waals surface area contributed by atoms with Gasteiger partial charge in [0.2, 0.25) is 0 Å². The molecule has 0 saturated carbocycles. The third-order valence-electron chi connectivity index (χ3n) is 3.40. The summed E-state index contributed by atoms with van der Waals surface area (Å²) in [4.78, 5) is 0. The molecule has 1 aromatic carbocycles. The highest BCUT2D eigenvalue weighted by Crippen LogP contribution is 2.24. The predicted octanol–water partition coefficient (Wildman–Crippen LogP) is 3.03. The van der Waals surface area contributed by atoms with Gasteiger partial charge in [-0.3, -0.25) is 0 Å².